The molecule has 0 aromatic rings. The summed E-state index contributed by atoms with van der Waals surface area (Å²) in [5, 5.41) is 3.61. The summed E-state index contributed by atoms with van der Waals surface area (Å²) in [5.74, 6) is 3.35. The van der Waals surface area contributed by atoms with Crippen molar-refractivity contribution in [3.63, 3.8) is 0 Å². The van der Waals surface area contributed by atoms with Gasteiger partial charge in [0, 0.05) is 9.52 Å². The zero-order valence-electron chi connectivity index (χ0n) is 8.34. The smallest absolute Gasteiger partial charge is 0.0318 e. The summed E-state index contributed by atoms with van der Waals surface area (Å²) in [5.41, 5.74) is 1.21. The summed E-state index contributed by atoms with van der Waals surface area (Å²) >= 11 is 0. The lowest BCUT2D eigenvalue weighted by molar-refractivity contribution is 0.121. The summed E-state index contributed by atoms with van der Waals surface area (Å²) in [7, 11) is 0.845. The first kappa shape index (κ1) is 8.48. The van der Waals surface area contributed by atoms with Gasteiger partial charge in [-0.05, 0) is 42.8 Å². The topological polar surface area (TPSA) is 12.0 Å². The van der Waals surface area contributed by atoms with Gasteiger partial charge in [-0.1, -0.05) is 25.3 Å². The van der Waals surface area contributed by atoms with E-state index in [4.69, 9.17) is 0 Å². The molecule has 0 aromatic carbocycles. The molecule has 2 saturated heterocycles. The zero-order valence-corrected chi connectivity index (χ0v) is 9.49. The van der Waals surface area contributed by atoms with Crippen LogP contribution >= 0.6 is 0 Å². The Hall–Kier alpha value is 0.177. The van der Waals surface area contributed by atoms with Crippen molar-refractivity contribution in [2.75, 3.05) is 13.1 Å². The molecular weight excluding hydrogens is 174 g/mol. The molecule has 4 atom stereocenters. The van der Waals surface area contributed by atoms with E-state index in [0.29, 0.717) is 0 Å². The highest BCUT2D eigenvalue weighted by molar-refractivity contribution is 6.38. The van der Waals surface area contributed by atoms with Crippen molar-refractivity contribution in [1.29, 1.82) is 0 Å². The molecule has 0 amide bonds. The first-order valence-electron chi connectivity index (χ1n) is 5.99. The fourth-order valence-electron chi connectivity index (χ4n) is 3.96. The normalized spacial score (nSPS) is 49.8. The van der Waals surface area contributed by atoms with Crippen LogP contribution in [0, 0.1) is 17.8 Å². The van der Waals surface area contributed by atoms with Crippen molar-refractivity contribution in [2.45, 2.75) is 37.3 Å². The summed E-state index contributed by atoms with van der Waals surface area (Å²) in [6.07, 6.45) is 6.23. The van der Waals surface area contributed by atoms with Gasteiger partial charge >= 0.3 is 0 Å². The van der Waals surface area contributed by atoms with E-state index in [0.717, 1.165) is 27.3 Å². The fourth-order valence-corrected chi connectivity index (χ4v) is 6.22. The monoisotopic (exact) mass is 194 g/mol. The third-order valence-electron chi connectivity index (χ3n) is 4.62. The van der Waals surface area contributed by atoms with Gasteiger partial charge < -0.3 is 5.32 Å². The second kappa shape index (κ2) is 3.39. The average molecular weight is 194 g/mol. The summed E-state index contributed by atoms with van der Waals surface area (Å²) in [4.78, 5) is 0. The fraction of sp³-hybridized carbons (Fsp3) is 1.00. The van der Waals surface area contributed by atoms with Crippen molar-refractivity contribution >= 4 is 9.52 Å². The van der Waals surface area contributed by atoms with E-state index in [9.17, 15) is 0 Å². The number of nitrogens with one attached hydrogen (secondary N) is 1. The van der Waals surface area contributed by atoms with E-state index < -0.39 is 0 Å². The van der Waals surface area contributed by atoms with E-state index >= 15 is 0 Å². The lowest BCUT2D eigenvalue weighted by Crippen LogP contribution is -2.43. The van der Waals surface area contributed by atoms with Crippen molar-refractivity contribution in [1.82, 2.24) is 5.32 Å². The summed E-state index contributed by atoms with van der Waals surface area (Å²) in [6.45, 7) is 2.65. The maximum absolute atomic E-state index is 3.61. The molecule has 3 rings (SSSR count). The van der Waals surface area contributed by atoms with Crippen LogP contribution in [0.2, 0.25) is 11.6 Å². The molecule has 1 aliphatic carbocycles. The lowest BCUT2D eigenvalue weighted by atomic mass is 9.68. The van der Waals surface area contributed by atoms with Crippen LogP contribution in [0.4, 0.5) is 0 Å². The first-order chi connectivity index (χ1) is 6.45. The molecule has 3 fully saturated rings. The number of rotatable bonds is 0. The van der Waals surface area contributed by atoms with Crippen LogP contribution in [0.1, 0.15) is 25.7 Å². The molecule has 1 radical (unpaired) electrons. The minimum atomic E-state index is 0.845. The predicted molar refractivity (Wildman–Crippen MR) is 57.5 cm³/mol. The van der Waals surface area contributed by atoms with Crippen LogP contribution in [0.5, 0.6) is 0 Å². The maximum Gasteiger partial charge on any atom is 0.0318 e. The van der Waals surface area contributed by atoms with Crippen molar-refractivity contribution < 1.29 is 0 Å². The van der Waals surface area contributed by atoms with E-state index in [1.807, 2.05) is 0 Å². The number of hydrogen-bond acceptors (Lipinski definition) is 1. The highest BCUT2D eigenvalue weighted by atomic mass is 28.2. The van der Waals surface area contributed by atoms with Gasteiger partial charge in [-0.2, -0.15) is 0 Å². The molecular formula is C11H20NSi. The van der Waals surface area contributed by atoms with Crippen LogP contribution in [0.15, 0.2) is 0 Å². The van der Waals surface area contributed by atoms with Gasteiger partial charge in [-0.15, -0.1) is 0 Å². The minimum Gasteiger partial charge on any atom is -0.316 e. The summed E-state index contributed by atoms with van der Waals surface area (Å²) < 4.78 is 0. The highest BCUT2D eigenvalue weighted by Crippen LogP contribution is 2.49. The van der Waals surface area contributed by atoms with E-state index in [1.165, 1.54) is 25.1 Å². The van der Waals surface area contributed by atoms with Gasteiger partial charge in [0.1, 0.15) is 0 Å². The molecule has 4 unspecified atom stereocenters. The molecule has 3 aliphatic rings. The van der Waals surface area contributed by atoms with E-state index in [2.05, 4.69) is 5.32 Å². The second-order valence-electron chi connectivity index (χ2n) is 5.13. The summed E-state index contributed by atoms with van der Waals surface area (Å²) in [6, 6.07) is 1.61. The Balaban J connectivity index is 1.77. The van der Waals surface area contributed by atoms with E-state index in [-0.39, 0.29) is 0 Å². The Morgan fingerprint density at radius 1 is 1.00 bits per heavy atom. The van der Waals surface area contributed by atoms with Gasteiger partial charge in [0.2, 0.25) is 0 Å². The van der Waals surface area contributed by atoms with Crippen LogP contribution in [0.3, 0.4) is 0 Å². The predicted octanol–water partition coefficient (Wildman–Crippen LogP) is 1.67. The van der Waals surface area contributed by atoms with Gasteiger partial charge in [0.05, 0.1) is 0 Å². The minimum absolute atomic E-state index is 0.845. The van der Waals surface area contributed by atoms with Crippen molar-refractivity contribution in [3.05, 3.63) is 0 Å². The maximum atomic E-state index is 3.61. The molecule has 13 heavy (non-hydrogen) atoms. The molecule has 73 valence electrons. The highest BCUT2D eigenvalue weighted by Gasteiger charge is 2.42. The average Bonchev–Trinajstić information content (AvgIpc) is 2.65. The quantitative estimate of drug-likeness (QED) is 0.579. The number of piperidine rings is 1. The molecule has 0 spiro atoms. The molecule has 2 aliphatic heterocycles. The zero-order chi connectivity index (χ0) is 8.67. The SMILES string of the molecule is C1CC2CCC3[SiH]CCC3C2CN1. The number of hydrogen-bond donors (Lipinski definition) is 1. The Morgan fingerprint density at radius 2 is 2.00 bits per heavy atom. The molecule has 2 heterocycles. The largest absolute Gasteiger partial charge is 0.316 e. The van der Waals surface area contributed by atoms with Gasteiger partial charge in [0.25, 0.3) is 0 Å². The van der Waals surface area contributed by atoms with Gasteiger partial charge in [-0.3, -0.25) is 0 Å². The van der Waals surface area contributed by atoms with Crippen molar-refractivity contribution in [2.24, 2.45) is 17.8 Å². The molecule has 1 nitrogen and oxygen atoms in total. The Labute approximate surface area is 83.5 Å². The molecule has 1 saturated carbocycles. The van der Waals surface area contributed by atoms with Crippen molar-refractivity contribution in [3.8, 4) is 0 Å². The van der Waals surface area contributed by atoms with Crippen LogP contribution in [-0.2, 0) is 0 Å². The van der Waals surface area contributed by atoms with Gasteiger partial charge in [0.15, 0.2) is 0 Å². The van der Waals surface area contributed by atoms with Crippen LogP contribution in [0.25, 0.3) is 0 Å². The van der Waals surface area contributed by atoms with Gasteiger partial charge in [-0.25, -0.2) is 0 Å². The second-order valence-corrected chi connectivity index (χ2v) is 7.04. The Morgan fingerprint density at radius 3 is 3.00 bits per heavy atom. The molecule has 1 N–H and O–H groups in total. The molecule has 0 bridgehead atoms. The Kier molecular flexibility index (Phi) is 2.21. The first-order valence-corrected chi connectivity index (χ1v) is 7.47. The Bertz CT molecular complexity index is 195. The lowest BCUT2D eigenvalue weighted by Gasteiger charge is -2.43. The number of fused-ring (bicyclic) bond motifs is 3. The standard InChI is InChI=1S/C11H20NSi/c1-2-11-9(4-6-13-11)10-7-12-5-3-8(1)10/h8-13H,1-7H2. The third-order valence-corrected chi connectivity index (χ3v) is 6.72. The van der Waals surface area contributed by atoms with Crippen LogP contribution in [-0.4, -0.2) is 22.6 Å². The third kappa shape index (κ3) is 1.38. The van der Waals surface area contributed by atoms with E-state index in [1.54, 1.807) is 25.3 Å². The molecule has 2 heteroatoms. The molecule has 0 aromatic heterocycles. The van der Waals surface area contributed by atoms with Crippen LogP contribution < -0.4 is 5.32 Å².